The van der Waals surface area contributed by atoms with Gasteiger partial charge in [-0.25, -0.2) is 4.79 Å². The predicted molar refractivity (Wildman–Crippen MR) is 81.9 cm³/mol. The van der Waals surface area contributed by atoms with Crippen LogP contribution in [0.4, 0.5) is 0 Å². The zero-order valence-corrected chi connectivity index (χ0v) is 13.0. The van der Waals surface area contributed by atoms with Crippen molar-refractivity contribution < 1.29 is 14.3 Å². The first-order valence-corrected chi connectivity index (χ1v) is 7.66. The quantitative estimate of drug-likeness (QED) is 0.484. The summed E-state index contributed by atoms with van der Waals surface area (Å²) in [5.74, 6) is 0.0141. The van der Waals surface area contributed by atoms with Crippen molar-refractivity contribution in [2.75, 3.05) is 0 Å². The number of rotatable bonds is 4. The van der Waals surface area contributed by atoms with Crippen LogP contribution in [-0.2, 0) is 19.7 Å². The van der Waals surface area contributed by atoms with Crippen molar-refractivity contribution in [1.82, 2.24) is 0 Å². The van der Waals surface area contributed by atoms with Crippen LogP contribution in [0, 0.1) is 11.8 Å². The van der Waals surface area contributed by atoms with Gasteiger partial charge < -0.3 is 4.74 Å². The molecule has 2 rings (SSSR count). The molecule has 0 radical (unpaired) electrons. The van der Waals surface area contributed by atoms with Gasteiger partial charge in [0.05, 0.1) is 0 Å². The van der Waals surface area contributed by atoms with E-state index in [1.165, 1.54) is 5.56 Å². The van der Waals surface area contributed by atoms with Gasteiger partial charge in [0.1, 0.15) is 6.10 Å². The molecular weight excluding hydrogens is 264 g/mol. The Morgan fingerprint density at radius 2 is 1.90 bits per heavy atom. The fraction of sp³-hybridized carbons (Fsp3) is 0.556. The van der Waals surface area contributed by atoms with E-state index in [0.29, 0.717) is 5.92 Å². The number of ether oxygens (including phenoxy) is 1. The van der Waals surface area contributed by atoms with Gasteiger partial charge in [-0.3, -0.25) is 4.79 Å². The molecule has 0 unspecified atom stereocenters. The molecule has 3 nitrogen and oxygen atoms in total. The van der Waals surface area contributed by atoms with E-state index in [2.05, 4.69) is 32.9 Å². The number of hydrogen-bond donors (Lipinski definition) is 0. The summed E-state index contributed by atoms with van der Waals surface area (Å²) >= 11 is 0. The van der Waals surface area contributed by atoms with Crippen LogP contribution >= 0.6 is 0 Å². The second kappa shape index (κ2) is 6.42. The van der Waals surface area contributed by atoms with Crippen LogP contribution in [0.2, 0.25) is 0 Å². The predicted octanol–water partition coefficient (Wildman–Crippen LogP) is 3.51. The van der Waals surface area contributed by atoms with Crippen molar-refractivity contribution in [3.63, 3.8) is 0 Å². The Hall–Kier alpha value is -1.64. The Morgan fingerprint density at radius 3 is 2.52 bits per heavy atom. The largest absolute Gasteiger partial charge is 0.457 e. The molecule has 1 aliphatic carbocycles. The Morgan fingerprint density at radius 1 is 1.24 bits per heavy atom. The van der Waals surface area contributed by atoms with Crippen molar-refractivity contribution in [2.24, 2.45) is 11.8 Å². The molecule has 1 fully saturated rings. The first-order chi connectivity index (χ1) is 9.95. The van der Waals surface area contributed by atoms with Crippen molar-refractivity contribution in [3.8, 4) is 0 Å². The van der Waals surface area contributed by atoms with E-state index in [4.69, 9.17) is 4.74 Å². The Kier molecular flexibility index (Phi) is 4.81. The molecule has 0 spiro atoms. The van der Waals surface area contributed by atoms with E-state index in [1.807, 2.05) is 18.2 Å². The van der Waals surface area contributed by atoms with Crippen molar-refractivity contribution in [2.45, 2.75) is 51.6 Å². The van der Waals surface area contributed by atoms with E-state index in [1.54, 1.807) is 0 Å². The Bertz CT molecular complexity index is 492. The summed E-state index contributed by atoms with van der Waals surface area (Å²) in [6.45, 7) is 6.57. The molecule has 1 aromatic rings. The number of carbonyl (C=O) groups excluding carboxylic acids is 2. The van der Waals surface area contributed by atoms with E-state index in [0.717, 1.165) is 19.3 Å². The summed E-state index contributed by atoms with van der Waals surface area (Å²) in [4.78, 5) is 22.0. The zero-order chi connectivity index (χ0) is 15.5. The Labute approximate surface area is 126 Å². The van der Waals surface area contributed by atoms with Crippen LogP contribution in [0.1, 0.15) is 45.6 Å². The molecule has 21 heavy (non-hydrogen) atoms. The number of benzene rings is 1. The molecule has 1 aromatic carbocycles. The van der Waals surface area contributed by atoms with Gasteiger partial charge in [0, 0.05) is 5.92 Å². The van der Waals surface area contributed by atoms with Gasteiger partial charge in [-0.1, -0.05) is 57.5 Å². The standard InChI is InChI=1S/C18H24O3/c1-13-9-10-15(16(11-13)21-17(20)12-19)18(2,3)14-7-5-4-6-8-14/h4-8,12-13,15-16H,9-11H2,1-3H3/t13-,15-,16-/m1/s1. The maximum absolute atomic E-state index is 11.4. The lowest BCUT2D eigenvalue weighted by atomic mass is 9.64. The van der Waals surface area contributed by atoms with Gasteiger partial charge in [-0.05, 0) is 29.7 Å². The average Bonchev–Trinajstić information content (AvgIpc) is 2.48. The minimum absolute atomic E-state index is 0.0881. The highest BCUT2D eigenvalue weighted by Gasteiger charge is 2.41. The minimum Gasteiger partial charge on any atom is -0.457 e. The van der Waals surface area contributed by atoms with Crippen LogP contribution in [0.3, 0.4) is 0 Å². The van der Waals surface area contributed by atoms with Crippen LogP contribution in [0.5, 0.6) is 0 Å². The number of esters is 1. The van der Waals surface area contributed by atoms with Crippen molar-refractivity contribution in [3.05, 3.63) is 35.9 Å². The second-order valence-corrected chi connectivity index (χ2v) is 6.71. The number of carbonyl (C=O) groups is 2. The van der Waals surface area contributed by atoms with Gasteiger partial charge in [0.15, 0.2) is 0 Å². The molecule has 114 valence electrons. The van der Waals surface area contributed by atoms with E-state index in [9.17, 15) is 9.59 Å². The molecule has 0 bridgehead atoms. The number of hydrogen-bond acceptors (Lipinski definition) is 3. The highest BCUT2D eigenvalue weighted by molar-refractivity contribution is 6.20. The van der Waals surface area contributed by atoms with Crippen LogP contribution in [-0.4, -0.2) is 18.4 Å². The number of aldehydes is 1. The fourth-order valence-corrected chi connectivity index (χ4v) is 3.54. The molecule has 0 heterocycles. The van der Waals surface area contributed by atoms with E-state index in [-0.39, 0.29) is 23.7 Å². The molecule has 0 N–H and O–H groups in total. The molecule has 3 atom stereocenters. The first kappa shape index (κ1) is 15.7. The monoisotopic (exact) mass is 288 g/mol. The molecule has 1 saturated carbocycles. The molecule has 0 aliphatic heterocycles. The SMILES string of the molecule is C[C@@H]1CC[C@@H](C(C)(C)c2ccccc2)[C@H](OC(=O)C=O)C1. The first-order valence-electron chi connectivity index (χ1n) is 7.66. The second-order valence-electron chi connectivity index (χ2n) is 6.71. The van der Waals surface area contributed by atoms with Gasteiger partial charge in [-0.15, -0.1) is 0 Å². The zero-order valence-electron chi connectivity index (χ0n) is 13.0. The summed E-state index contributed by atoms with van der Waals surface area (Å²) in [6.07, 6.45) is 3.07. The highest BCUT2D eigenvalue weighted by atomic mass is 16.5. The third-order valence-electron chi connectivity index (χ3n) is 4.86. The lowest BCUT2D eigenvalue weighted by molar-refractivity contribution is -0.159. The van der Waals surface area contributed by atoms with Gasteiger partial charge in [0.25, 0.3) is 0 Å². The maximum atomic E-state index is 11.4. The van der Waals surface area contributed by atoms with Gasteiger partial charge in [-0.2, -0.15) is 0 Å². The van der Waals surface area contributed by atoms with Crippen LogP contribution in [0.25, 0.3) is 0 Å². The van der Waals surface area contributed by atoms with Gasteiger partial charge in [0.2, 0.25) is 6.29 Å². The minimum atomic E-state index is -0.747. The third kappa shape index (κ3) is 3.52. The van der Waals surface area contributed by atoms with E-state index < -0.39 is 5.97 Å². The van der Waals surface area contributed by atoms with Crippen LogP contribution < -0.4 is 0 Å². The Balaban J connectivity index is 2.25. The topological polar surface area (TPSA) is 43.4 Å². The lowest BCUT2D eigenvalue weighted by Crippen LogP contribution is -2.43. The molecule has 1 aliphatic rings. The highest BCUT2D eigenvalue weighted by Crippen LogP contribution is 2.43. The molecule has 0 aromatic heterocycles. The summed E-state index contributed by atoms with van der Waals surface area (Å²) < 4.78 is 5.42. The van der Waals surface area contributed by atoms with Gasteiger partial charge >= 0.3 is 5.97 Å². The van der Waals surface area contributed by atoms with Crippen molar-refractivity contribution in [1.29, 1.82) is 0 Å². The van der Waals surface area contributed by atoms with E-state index >= 15 is 0 Å². The summed E-state index contributed by atoms with van der Waals surface area (Å²) in [5, 5.41) is 0. The average molecular weight is 288 g/mol. The summed E-state index contributed by atoms with van der Waals surface area (Å²) in [5.41, 5.74) is 1.16. The summed E-state index contributed by atoms with van der Waals surface area (Å²) in [7, 11) is 0. The third-order valence-corrected chi connectivity index (χ3v) is 4.86. The normalized spacial score (nSPS) is 26.1. The molecule has 0 saturated heterocycles. The summed E-state index contributed by atoms with van der Waals surface area (Å²) in [6, 6.07) is 10.3. The van der Waals surface area contributed by atoms with Crippen molar-refractivity contribution >= 4 is 12.3 Å². The maximum Gasteiger partial charge on any atom is 0.371 e. The van der Waals surface area contributed by atoms with Crippen LogP contribution in [0.15, 0.2) is 30.3 Å². The fourth-order valence-electron chi connectivity index (χ4n) is 3.54. The smallest absolute Gasteiger partial charge is 0.371 e. The lowest BCUT2D eigenvalue weighted by Gasteiger charge is -2.43. The molecule has 3 heteroatoms. The molecular formula is C18H24O3. The molecule has 0 amide bonds.